The van der Waals surface area contributed by atoms with Gasteiger partial charge in [-0.1, -0.05) is 25.1 Å². The largest absolute Gasteiger partial charge is 0.381 e. The smallest absolute Gasteiger partial charge is 0.194 e. The Hall–Kier alpha value is -1.97. The van der Waals surface area contributed by atoms with E-state index >= 15 is 0 Å². The van der Waals surface area contributed by atoms with Crippen LogP contribution >= 0.6 is 0 Å². The molecule has 0 saturated carbocycles. The summed E-state index contributed by atoms with van der Waals surface area (Å²) in [6.07, 6.45) is 0.857. The van der Waals surface area contributed by atoms with Gasteiger partial charge < -0.3 is 5.32 Å². The van der Waals surface area contributed by atoms with Crippen molar-refractivity contribution in [3.8, 4) is 0 Å². The van der Waals surface area contributed by atoms with Gasteiger partial charge in [-0.25, -0.2) is 13.2 Å². The average Bonchev–Trinajstić information content (AvgIpc) is 2.43. The van der Waals surface area contributed by atoms with Gasteiger partial charge in [0.1, 0.15) is 0 Å². The molecule has 0 aliphatic carbocycles. The van der Waals surface area contributed by atoms with E-state index in [0.29, 0.717) is 5.56 Å². The molecule has 0 aliphatic heterocycles. The third kappa shape index (κ3) is 2.95. The van der Waals surface area contributed by atoms with Crippen molar-refractivity contribution < 1.29 is 13.2 Å². The van der Waals surface area contributed by atoms with E-state index in [2.05, 4.69) is 5.32 Å². The molecule has 4 heteroatoms. The Balaban J connectivity index is 2.21. The molecular formula is C16H16F3N. The Morgan fingerprint density at radius 2 is 1.70 bits per heavy atom. The van der Waals surface area contributed by atoms with Gasteiger partial charge in [0.15, 0.2) is 17.5 Å². The van der Waals surface area contributed by atoms with Crippen molar-refractivity contribution >= 4 is 5.69 Å². The second kappa shape index (κ2) is 5.99. The van der Waals surface area contributed by atoms with Crippen LogP contribution < -0.4 is 5.32 Å². The van der Waals surface area contributed by atoms with Gasteiger partial charge in [-0.15, -0.1) is 0 Å². The highest BCUT2D eigenvalue weighted by Gasteiger charge is 2.11. The van der Waals surface area contributed by atoms with Gasteiger partial charge in [-0.3, -0.25) is 0 Å². The molecule has 106 valence electrons. The summed E-state index contributed by atoms with van der Waals surface area (Å²) in [4.78, 5) is 0. The SMILES string of the molecule is CCc1cccc(C)c1NCc1cc(F)c(F)c(F)c1. The maximum atomic E-state index is 13.1. The average molecular weight is 279 g/mol. The molecule has 0 fully saturated rings. The van der Waals surface area contributed by atoms with Crippen LogP contribution in [0.25, 0.3) is 0 Å². The van der Waals surface area contributed by atoms with Crippen LogP contribution in [0.2, 0.25) is 0 Å². The van der Waals surface area contributed by atoms with Crippen LogP contribution in [0.4, 0.5) is 18.9 Å². The van der Waals surface area contributed by atoms with E-state index in [4.69, 9.17) is 0 Å². The number of hydrogen-bond donors (Lipinski definition) is 1. The van der Waals surface area contributed by atoms with Gasteiger partial charge in [-0.2, -0.15) is 0 Å². The van der Waals surface area contributed by atoms with Crippen molar-refractivity contribution in [1.29, 1.82) is 0 Å². The van der Waals surface area contributed by atoms with Crippen molar-refractivity contribution in [3.63, 3.8) is 0 Å². The van der Waals surface area contributed by atoms with E-state index < -0.39 is 17.5 Å². The summed E-state index contributed by atoms with van der Waals surface area (Å²) in [5, 5.41) is 3.17. The molecule has 0 radical (unpaired) electrons. The van der Waals surface area contributed by atoms with Crippen LogP contribution in [0, 0.1) is 24.4 Å². The number of nitrogens with one attached hydrogen (secondary N) is 1. The monoisotopic (exact) mass is 279 g/mol. The molecule has 0 aliphatic rings. The maximum Gasteiger partial charge on any atom is 0.194 e. The minimum absolute atomic E-state index is 0.242. The lowest BCUT2D eigenvalue weighted by atomic mass is 10.1. The Kier molecular flexibility index (Phi) is 4.32. The van der Waals surface area contributed by atoms with E-state index in [1.165, 1.54) is 0 Å². The van der Waals surface area contributed by atoms with E-state index in [-0.39, 0.29) is 6.54 Å². The number of aryl methyl sites for hydroxylation is 2. The first-order chi connectivity index (χ1) is 9.52. The fourth-order valence-electron chi connectivity index (χ4n) is 2.18. The zero-order valence-electron chi connectivity index (χ0n) is 11.4. The van der Waals surface area contributed by atoms with Crippen molar-refractivity contribution in [2.45, 2.75) is 26.8 Å². The second-order valence-electron chi connectivity index (χ2n) is 4.69. The van der Waals surface area contributed by atoms with Crippen LogP contribution in [0.5, 0.6) is 0 Å². The quantitative estimate of drug-likeness (QED) is 0.807. The van der Waals surface area contributed by atoms with Crippen molar-refractivity contribution in [3.05, 3.63) is 64.5 Å². The molecule has 1 N–H and O–H groups in total. The molecule has 0 aromatic heterocycles. The van der Waals surface area contributed by atoms with Crippen molar-refractivity contribution in [1.82, 2.24) is 0 Å². The van der Waals surface area contributed by atoms with Gasteiger partial charge in [-0.05, 0) is 42.2 Å². The fraction of sp³-hybridized carbons (Fsp3) is 0.250. The summed E-state index contributed by atoms with van der Waals surface area (Å²) in [5.74, 6) is -3.76. The Bertz CT molecular complexity index is 600. The summed E-state index contributed by atoms with van der Waals surface area (Å²) in [7, 11) is 0. The number of anilines is 1. The molecule has 1 nitrogen and oxygen atoms in total. The van der Waals surface area contributed by atoms with Crippen LogP contribution in [-0.4, -0.2) is 0 Å². The first kappa shape index (κ1) is 14.4. The second-order valence-corrected chi connectivity index (χ2v) is 4.69. The Morgan fingerprint density at radius 1 is 1.05 bits per heavy atom. The first-order valence-corrected chi connectivity index (χ1v) is 6.48. The summed E-state index contributed by atoms with van der Waals surface area (Å²) in [6.45, 7) is 4.25. The predicted molar refractivity (Wildman–Crippen MR) is 74.2 cm³/mol. The fourth-order valence-corrected chi connectivity index (χ4v) is 2.18. The van der Waals surface area contributed by atoms with Crippen LogP contribution in [0.15, 0.2) is 30.3 Å². The van der Waals surface area contributed by atoms with Crippen molar-refractivity contribution in [2.75, 3.05) is 5.32 Å². The number of rotatable bonds is 4. The molecular weight excluding hydrogens is 263 g/mol. The zero-order chi connectivity index (χ0) is 14.7. The van der Waals surface area contributed by atoms with Crippen LogP contribution in [-0.2, 0) is 13.0 Å². The molecule has 20 heavy (non-hydrogen) atoms. The third-order valence-electron chi connectivity index (χ3n) is 3.25. The molecule has 0 atom stereocenters. The van der Waals surface area contributed by atoms with Crippen LogP contribution in [0.3, 0.4) is 0 Å². The topological polar surface area (TPSA) is 12.0 Å². The number of para-hydroxylation sites is 1. The Labute approximate surface area is 116 Å². The van der Waals surface area contributed by atoms with Gasteiger partial charge in [0.25, 0.3) is 0 Å². The zero-order valence-corrected chi connectivity index (χ0v) is 11.4. The molecule has 2 rings (SSSR count). The Morgan fingerprint density at radius 3 is 2.30 bits per heavy atom. The van der Waals surface area contributed by atoms with E-state index in [1.54, 1.807) is 0 Å². The summed E-state index contributed by atoms with van der Waals surface area (Å²) >= 11 is 0. The van der Waals surface area contributed by atoms with E-state index in [9.17, 15) is 13.2 Å². The summed E-state index contributed by atoms with van der Waals surface area (Å²) < 4.78 is 39.2. The normalized spacial score (nSPS) is 10.7. The standard InChI is InChI=1S/C16H16F3N/c1-3-12-6-4-5-10(2)16(12)20-9-11-7-13(17)15(19)14(18)8-11/h4-8,20H,3,9H2,1-2H3. The first-order valence-electron chi connectivity index (χ1n) is 6.48. The molecule has 0 heterocycles. The maximum absolute atomic E-state index is 13.1. The van der Waals surface area contributed by atoms with Crippen LogP contribution in [0.1, 0.15) is 23.6 Å². The molecule has 2 aromatic rings. The number of halogens is 3. The van der Waals surface area contributed by atoms with E-state index in [1.807, 2.05) is 32.0 Å². The van der Waals surface area contributed by atoms with Gasteiger partial charge in [0.05, 0.1) is 0 Å². The third-order valence-corrected chi connectivity index (χ3v) is 3.25. The lowest BCUT2D eigenvalue weighted by molar-refractivity contribution is 0.445. The predicted octanol–water partition coefficient (Wildman–Crippen LogP) is 4.59. The lowest BCUT2D eigenvalue weighted by Gasteiger charge is -2.14. The number of hydrogen-bond acceptors (Lipinski definition) is 1. The van der Waals surface area contributed by atoms with E-state index in [0.717, 1.165) is 35.4 Å². The van der Waals surface area contributed by atoms with Gasteiger partial charge in [0.2, 0.25) is 0 Å². The van der Waals surface area contributed by atoms with Gasteiger partial charge in [0, 0.05) is 12.2 Å². The van der Waals surface area contributed by atoms with Crippen molar-refractivity contribution in [2.24, 2.45) is 0 Å². The minimum atomic E-state index is -1.43. The highest BCUT2D eigenvalue weighted by molar-refractivity contribution is 5.57. The summed E-state index contributed by atoms with van der Waals surface area (Å²) in [6, 6.07) is 7.95. The molecule has 0 bridgehead atoms. The molecule has 0 unspecified atom stereocenters. The highest BCUT2D eigenvalue weighted by Crippen LogP contribution is 2.22. The minimum Gasteiger partial charge on any atom is -0.381 e. The van der Waals surface area contributed by atoms with Gasteiger partial charge >= 0.3 is 0 Å². The molecule has 0 saturated heterocycles. The summed E-state index contributed by atoms with van der Waals surface area (Å²) in [5.41, 5.74) is 3.52. The lowest BCUT2D eigenvalue weighted by Crippen LogP contribution is -2.05. The molecule has 0 amide bonds. The highest BCUT2D eigenvalue weighted by atomic mass is 19.2. The number of benzene rings is 2. The molecule has 0 spiro atoms. The molecule has 2 aromatic carbocycles.